The van der Waals surface area contributed by atoms with Gasteiger partial charge in [-0.05, 0) is 41.5 Å². The number of hydrogen-bond acceptors (Lipinski definition) is 3. The Kier molecular flexibility index (Phi) is 5.37. The van der Waals surface area contributed by atoms with Crippen LogP contribution in [0.4, 0.5) is 13.2 Å². The largest absolute Gasteiger partial charge is 0.401 e. The van der Waals surface area contributed by atoms with Gasteiger partial charge in [0.05, 0.1) is 12.0 Å². The van der Waals surface area contributed by atoms with Gasteiger partial charge in [0.1, 0.15) is 6.23 Å². The minimum absolute atomic E-state index is 0.00541. The Morgan fingerprint density at radius 2 is 1.46 bits per heavy atom. The summed E-state index contributed by atoms with van der Waals surface area (Å²) in [5.74, 6) is 0. The van der Waals surface area contributed by atoms with E-state index in [0.29, 0.717) is 19.3 Å². The number of aliphatic hydroxyl groups excluding tert-OH is 2. The molecule has 0 saturated carbocycles. The summed E-state index contributed by atoms with van der Waals surface area (Å²) in [5.41, 5.74) is 2.52. The van der Waals surface area contributed by atoms with Gasteiger partial charge in [0, 0.05) is 6.61 Å². The van der Waals surface area contributed by atoms with E-state index >= 15 is 0 Å². The van der Waals surface area contributed by atoms with E-state index in [4.69, 9.17) is 5.11 Å². The van der Waals surface area contributed by atoms with E-state index in [1.165, 1.54) is 0 Å². The maximum Gasteiger partial charge on any atom is 0.401 e. The third-order valence-corrected chi connectivity index (χ3v) is 5.05. The Morgan fingerprint density at radius 1 is 0.923 bits per heavy atom. The standard InChI is InChI=1S/C20H22F3NO2/c21-20(22,23)13-24-18(26)19(11-5-6-12-25)16-9-3-1-7-14(16)15-8-2-4-10-17(15)19/h1-4,7-10,18,24-26H,5-6,11-13H2. The van der Waals surface area contributed by atoms with Gasteiger partial charge in [-0.3, -0.25) is 5.32 Å². The number of hydrogen-bond donors (Lipinski definition) is 3. The van der Waals surface area contributed by atoms with Crippen LogP contribution in [-0.4, -0.2) is 35.8 Å². The Balaban J connectivity index is 2.08. The molecule has 1 aliphatic carbocycles. The van der Waals surface area contributed by atoms with Crippen LogP contribution in [0.2, 0.25) is 0 Å². The van der Waals surface area contributed by atoms with Crippen LogP contribution in [0.1, 0.15) is 30.4 Å². The molecule has 0 spiro atoms. The molecule has 1 atom stereocenters. The van der Waals surface area contributed by atoms with Crippen LogP contribution in [0.5, 0.6) is 0 Å². The van der Waals surface area contributed by atoms with E-state index in [-0.39, 0.29) is 6.61 Å². The minimum Gasteiger partial charge on any atom is -0.396 e. The van der Waals surface area contributed by atoms with Gasteiger partial charge in [0.15, 0.2) is 0 Å². The first kappa shape index (κ1) is 18.9. The molecule has 3 rings (SSSR count). The Bertz CT molecular complexity index is 715. The predicted octanol–water partition coefficient (Wildman–Crippen LogP) is 3.59. The molecule has 0 amide bonds. The number of nitrogens with one attached hydrogen (secondary N) is 1. The molecular formula is C20H22F3NO2. The summed E-state index contributed by atoms with van der Waals surface area (Å²) in [6, 6.07) is 15.0. The van der Waals surface area contributed by atoms with Crippen molar-refractivity contribution in [1.29, 1.82) is 0 Å². The van der Waals surface area contributed by atoms with Gasteiger partial charge in [-0.2, -0.15) is 13.2 Å². The summed E-state index contributed by atoms with van der Waals surface area (Å²) in [7, 11) is 0. The molecule has 0 radical (unpaired) electrons. The van der Waals surface area contributed by atoms with Crippen molar-refractivity contribution in [2.75, 3.05) is 13.2 Å². The zero-order valence-electron chi connectivity index (χ0n) is 14.3. The van der Waals surface area contributed by atoms with Crippen molar-refractivity contribution < 1.29 is 23.4 Å². The van der Waals surface area contributed by atoms with Crippen molar-refractivity contribution in [3.05, 3.63) is 59.7 Å². The van der Waals surface area contributed by atoms with Crippen LogP contribution in [-0.2, 0) is 5.41 Å². The van der Waals surface area contributed by atoms with Crippen LogP contribution < -0.4 is 5.32 Å². The highest BCUT2D eigenvalue weighted by atomic mass is 19.4. The van der Waals surface area contributed by atoms with Crippen LogP contribution in [0.25, 0.3) is 11.1 Å². The van der Waals surface area contributed by atoms with E-state index in [1.807, 2.05) is 48.5 Å². The number of unbranched alkanes of at least 4 members (excludes halogenated alkanes) is 1. The molecule has 0 saturated heterocycles. The van der Waals surface area contributed by atoms with E-state index in [1.54, 1.807) is 0 Å². The Morgan fingerprint density at radius 3 is 1.96 bits per heavy atom. The van der Waals surface area contributed by atoms with Gasteiger partial charge < -0.3 is 10.2 Å². The van der Waals surface area contributed by atoms with Crippen molar-refractivity contribution in [1.82, 2.24) is 5.32 Å². The first-order chi connectivity index (χ1) is 12.4. The number of alkyl halides is 3. The molecule has 1 unspecified atom stereocenters. The number of fused-ring (bicyclic) bond motifs is 3. The second kappa shape index (κ2) is 7.39. The Hall–Kier alpha value is -1.89. The quantitative estimate of drug-likeness (QED) is 0.519. The zero-order chi connectivity index (χ0) is 18.8. The summed E-state index contributed by atoms with van der Waals surface area (Å²) in [6.45, 7) is -1.26. The first-order valence-corrected chi connectivity index (χ1v) is 8.68. The smallest absolute Gasteiger partial charge is 0.396 e. The highest BCUT2D eigenvalue weighted by Gasteiger charge is 2.48. The van der Waals surface area contributed by atoms with E-state index in [9.17, 15) is 18.3 Å². The lowest BCUT2D eigenvalue weighted by molar-refractivity contribution is -0.133. The molecule has 3 N–H and O–H groups in total. The average Bonchev–Trinajstić information content (AvgIpc) is 2.91. The fraction of sp³-hybridized carbons (Fsp3) is 0.400. The number of aliphatic hydroxyl groups is 2. The van der Waals surface area contributed by atoms with Gasteiger partial charge in [-0.25, -0.2) is 0 Å². The van der Waals surface area contributed by atoms with Gasteiger partial charge in [0.25, 0.3) is 0 Å². The highest BCUT2D eigenvalue weighted by molar-refractivity contribution is 5.81. The SMILES string of the molecule is OCCCCC1(C(O)NCC(F)(F)F)c2ccccc2-c2ccccc21. The molecule has 2 aromatic rings. The van der Waals surface area contributed by atoms with Gasteiger partial charge >= 0.3 is 6.18 Å². The molecule has 1 aliphatic rings. The molecule has 6 heteroatoms. The first-order valence-electron chi connectivity index (χ1n) is 8.68. The maximum absolute atomic E-state index is 12.7. The lowest BCUT2D eigenvalue weighted by atomic mass is 9.72. The monoisotopic (exact) mass is 365 g/mol. The lowest BCUT2D eigenvalue weighted by Crippen LogP contribution is -2.50. The summed E-state index contributed by atoms with van der Waals surface area (Å²) in [4.78, 5) is 0. The van der Waals surface area contributed by atoms with Crippen molar-refractivity contribution in [3.63, 3.8) is 0 Å². The molecular weight excluding hydrogens is 343 g/mol. The van der Waals surface area contributed by atoms with Crippen LogP contribution in [0, 0.1) is 0 Å². The molecule has 0 aliphatic heterocycles. The highest BCUT2D eigenvalue weighted by Crippen LogP contribution is 2.52. The van der Waals surface area contributed by atoms with Crippen LogP contribution >= 0.6 is 0 Å². The fourth-order valence-corrected chi connectivity index (χ4v) is 3.96. The second-order valence-corrected chi connectivity index (χ2v) is 6.64. The van der Waals surface area contributed by atoms with Crippen molar-refractivity contribution >= 4 is 0 Å². The molecule has 2 aromatic carbocycles. The van der Waals surface area contributed by atoms with E-state index < -0.39 is 24.4 Å². The normalized spacial score (nSPS) is 16.2. The van der Waals surface area contributed by atoms with E-state index in [2.05, 4.69) is 5.32 Å². The summed E-state index contributed by atoms with van der Waals surface area (Å²) < 4.78 is 38.2. The third-order valence-electron chi connectivity index (χ3n) is 5.05. The third kappa shape index (κ3) is 3.37. The molecule has 0 bridgehead atoms. The summed E-state index contributed by atoms with van der Waals surface area (Å²) >= 11 is 0. The summed E-state index contributed by atoms with van der Waals surface area (Å²) in [5, 5.41) is 22.3. The molecule has 0 heterocycles. The predicted molar refractivity (Wildman–Crippen MR) is 93.7 cm³/mol. The summed E-state index contributed by atoms with van der Waals surface area (Å²) in [6.07, 6.45) is -4.26. The van der Waals surface area contributed by atoms with Gasteiger partial charge in [-0.15, -0.1) is 0 Å². The lowest BCUT2D eigenvalue weighted by Gasteiger charge is -2.37. The van der Waals surface area contributed by atoms with Gasteiger partial charge in [0.2, 0.25) is 0 Å². The molecule has 3 nitrogen and oxygen atoms in total. The number of halogens is 3. The number of rotatable bonds is 7. The molecule has 0 fully saturated rings. The van der Waals surface area contributed by atoms with Crippen molar-refractivity contribution in [2.24, 2.45) is 0 Å². The topological polar surface area (TPSA) is 52.5 Å². The second-order valence-electron chi connectivity index (χ2n) is 6.64. The molecule has 26 heavy (non-hydrogen) atoms. The van der Waals surface area contributed by atoms with Crippen LogP contribution in [0.15, 0.2) is 48.5 Å². The fourth-order valence-electron chi connectivity index (χ4n) is 3.96. The molecule has 0 aromatic heterocycles. The minimum atomic E-state index is -4.41. The Labute approximate surface area is 150 Å². The van der Waals surface area contributed by atoms with Crippen molar-refractivity contribution in [2.45, 2.75) is 37.1 Å². The maximum atomic E-state index is 12.7. The van der Waals surface area contributed by atoms with Crippen LogP contribution in [0.3, 0.4) is 0 Å². The van der Waals surface area contributed by atoms with E-state index in [0.717, 1.165) is 22.3 Å². The van der Waals surface area contributed by atoms with Gasteiger partial charge in [-0.1, -0.05) is 48.5 Å². The zero-order valence-corrected chi connectivity index (χ0v) is 14.3. The number of benzene rings is 2. The average molecular weight is 365 g/mol. The molecule has 140 valence electrons. The van der Waals surface area contributed by atoms with Crippen molar-refractivity contribution in [3.8, 4) is 11.1 Å².